The molecule has 1 aromatic heterocycles. The van der Waals surface area contributed by atoms with E-state index in [4.69, 9.17) is 5.26 Å². The molecule has 0 saturated carbocycles. The molecule has 0 N–H and O–H groups in total. The van der Waals surface area contributed by atoms with Gasteiger partial charge in [-0.3, -0.25) is 0 Å². The molecule has 0 aromatic carbocycles. The summed E-state index contributed by atoms with van der Waals surface area (Å²) in [7, 11) is 1.34. The highest BCUT2D eigenvalue weighted by atomic mass is 32.1. The van der Waals surface area contributed by atoms with Crippen LogP contribution in [0.1, 0.15) is 15.2 Å². The van der Waals surface area contributed by atoms with Gasteiger partial charge in [0.25, 0.3) is 0 Å². The molecule has 0 bridgehead atoms. The van der Waals surface area contributed by atoms with Crippen LogP contribution in [0.3, 0.4) is 0 Å². The molecule has 1 rings (SSSR count). The first-order valence-electron chi connectivity index (χ1n) is 3.30. The summed E-state index contributed by atoms with van der Waals surface area (Å²) in [5, 5.41) is 10.2. The first-order valence-corrected chi connectivity index (χ1v) is 4.18. The summed E-state index contributed by atoms with van der Waals surface area (Å²) < 4.78 is 4.52. The van der Waals surface area contributed by atoms with E-state index in [1.54, 1.807) is 11.4 Å². The van der Waals surface area contributed by atoms with E-state index >= 15 is 0 Å². The van der Waals surface area contributed by atoms with E-state index in [0.717, 1.165) is 5.56 Å². The van der Waals surface area contributed by atoms with Crippen molar-refractivity contribution in [3.63, 3.8) is 0 Å². The zero-order chi connectivity index (χ0) is 8.97. The van der Waals surface area contributed by atoms with Gasteiger partial charge in [0.2, 0.25) is 0 Å². The molecule has 0 amide bonds. The topological polar surface area (TPSA) is 50.1 Å². The second kappa shape index (κ2) is 3.88. The number of carbonyl (C=O) groups excluding carboxylic acids is 1. The van der Waals surface area contributed by atoms with Gasteiger partial charge in [-0.25, -0.2) is 4.79 Å². The van der Waals surface area contributed by atoms with E-state index < -0.39 is 0 Å². The lowest BCUT2D eigenvalue weighted by molar-refractivity contribution is 0.0606. The molecule has 0 spiro atoms. The van der Waals surface area contributed by atoms with E-state index in [1.807, 2.05) is 6.07 Å². The van der Waals surface area contributed by atoms with Crippen LogP contribution in [0.15, 0.2) is 11.4 Å². The van der Waals surface area contributed by atoms with Gasteiger partial charge in [0.15, 0.2) is 0 Å². The van der Waals surface area contributed by atoms with Crippen LogP contribution in [0.5, 0.6) is 0 Å². The lowest BCUT2D eigenvalue weighted by Crippen LogP contribution is -1.97. The van der Waals surface area contributed by atoms with Crippen LogP contribution in [0.2, 0.25) is 0 Å². The number of nitriles is 1. The van der Waals surface area contributed by atoms with Crippen LogP contribution >= 0.6 is 11.3 Å². The first-order chi connectivity index (χ1) is 5.77. The maximum Gasteiger partial charge on any atom is 0.348 e. The largest absolute Gasteiger partial charge is 0.465 e. The van der Waals surface area contributed by atoms with Gasteiger partial charge in [-0.1, -0.05) is 0 Å². The number of methoxy groups -OCH3 is 1. The van der Waals surface area contributed by atoms with Crippen molar-refractivity contribution in [2.24, 2.45) is 0 Å². The molecule has 0 radical (unpaired) electrons. The molecule has 4 heteroatoms. The van der Waals surface area contributed by atoms with Gasteiger partial charge >= 0.3 is 5.97 Å². The van der Waals surface area contributed by atoms with Crippen LogP contribution in [0, 0.1) is 11.3 Å². The Bertz CT molecular complexity index is 324. The fraction of sp³-hybridized carbons (Fsp3) is 0.250. The van der Waals surface area contributed by atoms with E-state index in [2.05, 4.69) is 4.74 Å². The number of carbonyl (C=O) groups is 1. The quantitative estimate of drug-likeness (QED) is 0.651. The number of ether oxygens (including phenoxy) is 1. The van der Waals surface area contributed by atoms with Gasteiger partial charge in [-0.15, -0.1) is 11.3 Å². The van der Waals surface area contributed by atoms with Crippen molar-refractivity contribution < 1.29 is 9.53 Å². The molecule has 1 aromatic rings. The van der Waals surface area contributed by atoms with Gasteiger partial charge in [0.1, 0.15) is 4.88 Å². The lowest BCUT2D eigenvalue weighted by Gasteiger charge is -1.90. The number of hydrogen-bond donors (Lipinski definition) is 0. The Hall–Kier alpha value is -1.34. The van der Waals surface area contributed by atoms with Gasteiger partial charge in [-0.2, -0.15) is 5.26 Å². The zero-order valence-electron chi connectivity index (χ0n) is 6.53. The van der Waals surface area contributed by atoms with Crippen molar-refractivity contribution in [1.29, 1.82) is 5.26 Å². The molecule has 12 heavy (non-hydrogen) atoms. The normalized spacial score (nSPS) is 9.00. The highest BCUT2D eigenvalue weighted by Gasteiger charge is 2.07. The molecule has 1 heterocycles. The van der Waals surface area contributed by atoms with Crippen molar-refractivity contribution in [1.82, 2.24) is 0 Å². The van der Waals surface area contributed by atoms with E-state index in [1.165, 1.54) is 18.4 Å². The Morgan fingerprint density at radius 2 is 2.58 bits per heavy atom. The van der Waals surface area contributed by atoms with Crippen LogP contribution in [0.25, 0.3) is 0 Å². The molecule has 0 fully saturated rings. The zero-order valence-corrected chi connectivity index (χ0v) is 7.35. The van der Waals surface area contributed by atoms with Crippen LogP contribution in [0.4, 0.5) is 0 Å². The summed E-state index contributed by atoms with van der Waals surface area (Å²) in [6.45, 7) is 0. The average molecular weight is 181 g/mol. The average Bonchev–Trinajstić information content (AvgIpc) is 2.52. The number of hydrogen-bond acceptors (Lipinski definition) is 4. The third-order valence-corrected chi connectivity index (χ3v) is 2.28. The van der Waals surface area contributed by atoms with Gasteiger partial charge < -0.3 is 4.74 Å². The molecule has 0 aliphatic rings. The van der Waals surface area contributed by atoms with Crippen molar-refractivity contribution in [3.8, 4) is 6.07 Å². The summed E-state index contributed by atoms with van der Waals surface area (Å²) in [5.41, 5.74) is 0.864. The van der Waals surface area contributed by atoms with Crippen LogP contribution in [-0.2, 0) is 11.2 Å². The Labute approximate surface area is 74.2 Å². The summed E-state index contributed by atoms with van der Waals surface area (Å²) in [6, 6.07) is 3.69. The van der Waals surface area contributed by atoms with Crippen LogP contribution in [-0.4, -0.2) is 13.1 Å². The molecule has 0 aliphatic carbocycles. The second-order valence-corrected chi connectivity index (χ2v) is 3.06. The maximum absolute atomic E-state index is 10.9. The summed E-state index contributed by atoms with van der Waals surface area (Å²) in [5.74, 6) is -0.343. The second-order valence-electron chi connectivity index (χ2n) is 2.15. The number of esters is 1. The highest BCUT2D eigenvalue weighted by molar-refractivity contribution is 7.12. The lowest BCUT2D eigenvalue weighted by atomic mass is 10.2. The fourth-order valence-corrected chi connectivity index (χ4v) is 1.60. The molecular weight excluding hydrogens is 174 g/mol. The molecule has 0 atom stereocenters. The van der Waals surface area contributed by atoms with Crippen molar-refractivity contribution in [2.75, 3.05) is 7.11 Å². The predicted octanol–water partition coefficient (Wildman–Crippen LogP) is 1.60. The third-order valence-electron chi connectivity index (χ3n) is 1.32. The van der Waals surface area contributed by atoms with E-state index in [-0.39, 0.29) is 5.97 Å². The molecule has 0 aliphatic heterocycles. The van der Waals surface area contributed by atoms with Crippen molar-refractivity contribution >= 4 is 17.3 Å². The Balaban J connectivity index is 2.78. The Morgan fingerprint density at radius 3 is 3.17 bits per heavy atom. The van der Waals surface area contributed by atoms with E-state index in [0.29, 0.717) is 11.3 Å². The van der Waals surface area contributed by atoms with Crippen molar-refractivity contribution in [2.45, 2.75) is 6.42 Å². The molecule has 0 unspecified atom stereocenters. The number of nitrogens with zero attached hydrogens (tertiary/aromatic N) is 1. The smallest absolute Gasteiger partial charge is 0.348 e. The first kappa shape index (κ1) is 8.75. The molecule has 3 nitrogen and oxygen atoms in total. The number of rotatable bonds is 2. The Morgan fingerprint density at radius 1 is 1.83 bits per heavy atom. The van der Waals surface area contributed by atoms with Gasteiger partial charge in [0.05, 0.1) is 19.6 Å². The predicted molar refractivity (Wildman–Crippen MR) is 45.0 cm³/mol. The monoisotopic (exact) mass is 181 g/mol. The minimum absolute atomic E-state index is 0.341. The molecule has 62 valence electrons. The maximum atomic E-state index is 10.9. The summed E-state index contributed by atoms with van der Waals surface area (Å²) in [6.07, 6.45) is 0.341. The van der Waals surface area contributed by atoms with E-state index in [9.17, 15) is 4.79 Å². The third kappa shape index (κ3) is 1.83. The summed E-state index contributed by atoms with van der Waals surface area (Å²) >= 11 is 1.30. The van der Waals surface area contributed by atoms with Gasteiger partial charge in [0, 0.05) is 0 Å². The van der Waals surface area contributed by atoms with Gasteiger partial charge in [-0.05, 0) is 17.0 Å². The summed E-state index contributed by atoms with van der Waals surface area (Å²) in [4.78, 5) is 11.5. The highest BCUT2D eigenvalue weighted by Crippen LogP contribution is 2.15. The minimum atomic E-state index is -0.343. The SMILES string of the molecule is COC(=O)c1cc(CC#N)cs1. The minimum Gasteiger partial charge on any atom is -0.465 e. The standard InChI is InChI=1S/C8H7NO2S/c1-11-8(10)7-4-6(2-3-9)5-12-7/h4-5H,2H2,1H3. The molecular formula is C8H7NO2S. The molecule has 0 saturated heterocycles. The van der Waals surface area contributed by atoms with Crippen molar-refractivity contribution in [3.05, 3.63) is 21.9 Å². The van der Waals surface area contributed by atoms with Crippen LogP contribution < -0.4 is 0 Å². The fourth-order valence-electron chi connectivity index (χ4n) is 0.767. The Kier molecular flexibility index (Phi) is 2.83. The number of thiophene rings is 1.